The van der Waals surface area contributed by atoms with Crippen LogP contribution in [0.15, 0.2) is 0 Å². The van der Waals surface area contributed by atoms with Gasteiger partial charge in [-0.05, 0) is 75.8 Å². The molecule has 0 aromatic heterocycles. The molecule has 24 heavy (non-hydrogen) atoms. The number of likely N-dealkylation sites (tertiary alicyclic amines) is 3. The van der Waals surface area contributed by atoms with Crippen LogP contribution < -0.4 is 0 Å². The van der Waals surface area contributed by atoms with Crippen LogP contribution in [0.1, 0.15) is 59.8 Å². The van der Waals surface area contributed by atoms with E-state index in [1.807, 2.05) is 0 Å². The molecule has 0 amide bonds. The smallest absolute Gasteiger partial charge is 0.0350 e. The van der Waals surface area contributed by atoms with Gasteiger partial charge in [0.15, 0.2) is 0 Å². The molecule has 3 heteroatoms. The fourth-order valence-electron chi connectivity index (χ4n) is 5.78. The largest absolute Gasteiger partial charge is 0.302 e. The highest BCUT2D eigenvalue weighted by molar-refractivity contribution is 5.04. The van der Waals surface area contributed by atoms with Gasteiger partial charge in [0, 0.05) is 44.8 Å². The number of hydrogen-bond acceptors (Lipinski definition) is 3. The SMILES string of the molecule is CC(C)CC1(CN2CC3(CCN(C4CN(C(C)C)C4)CC3)C2)CC1. The van der Waals surface area contributed by atoms with E-state index in [0.717, 1.165) is 23.4 Å². The molecule has 4 rings (SSSR count). The minimum atomic E-state index is 0.700. The van der Waals surface area contributed by atoms with Crippen LogP contribution in [-0.4, -0.2) is 72.6 Å². The van der Waals surface area contributed by atoms with Crippen molar-refractivity contribution in [3.05, 3.63) is 0 Å². The maximum absolute atomic E-state index is 2.80. The molecule has 3 heterocycles. The fourth-order valence-corrected chi connectivity index (χ4v) is 5.78. The molecule has 138 valence electrons. The average molecular weight is 334 g/mol. The summed E-state index contributed by atoms with van der Waals surface area (Å²) in [7, 11) is 0. The van der Waals surface area contributed by atoms with Crippen molar-refractivity contribution < 1.29 is 0 Å². The monoisotopic (exact) mass is 333 g/mol. The van der Waals surface area contributed by atoms with Crippen LogP contribution in [0, 0.1) is 16.7 Å². The third-order valence-corrected chi connectivity index (χ3v) is 7.47. The molecule has 0 aromatic carbocycles. The van der Waals surface area contributed by atoms with Crippen molar-refractivity contribution in [2.24, 2.45) is 16.7 Å². The molecular weight excluding hydrogens is 294 g/mol. The number of nitrogens with zero attached hydrogens (tertiary/aromatic N) is 3. The lowest BCUT2D eigenvalue weighted by Crippen LogP contribution is -2.66. The molecule has 0 bridgehead atoms. The maximum Gasteiger partial charge on any atom is 0.0350 e. The second kappa shape index (κ2) is 6.25. The number of rotatable bonds is 6. The molecule has 0 radical (unpaired) electrons. The zero-order valence-corrected chi connectivity index (χ0v) is 16.6. The third kappa shape index (κ3) is 3.41. The second-order valence-corrected chi connectivity index (χ2v) is 10.5. The van der Waals surface area contributed by atoms with Crippen molar-refractivity contribution in [2.45, 2.75) is 71.9 Å². The first-order chi connectivity index (χ1) is 11.4. The lowest BCUT2D eigenvalue weighted by atomic mass is 9.71. The molecule has 0 aromatic rings. The second-order valence-electron chi connectivity index (χ2n) is 10.5. The van der Waals surface area contributed by atoms with Crippen LogP contribution in [0.5, 0.6) is 0 Å². The minimum Gasteiger partial charge on any atom is -0.302 e. The van der Waals surface area contributed by atoms with Crippen molar-refractivity contribution >= 4 is 0 Å². The Labute approximate surface area is 149 Å². The van der Waals surface area contributed by atoms with Crippen LogP contribution >= 0.6 is 0 Å². The fraction of sp³-hybridized carbons (Fsp3) is 1.00. The van der Waals surface area contributed by atoms with E-state index in [9.17, 15) is 0 Å². The number of piperidine rings is 1. The Balaban J connectivity index is 1.18. The predicted molar refractivity (Wildman–Crippen MR) is 101 cm³/mol. The molecule has 3 saturated heterocycles. The van der Waals surface area contributed by atoms with E-state index in [0.29, 0.717) is 5.41 Å². The van der Waals surface area contributed by atoms with Crippen molar-refractivity contribution in [3.8, 4) is 0 Å². The molecule has 3 aliphatic heterocycles. The molecule has 1 spiro atoms. The van der Waals surface area contributed by atoms with Gasteiger partial charge in [0.05, 0.1) is 0 Å². The van der Waals surface area contributed by atoms with Gasteiger partial charge in [-0.15, -0.1) is 0 Å². The Morgan fingerprint density at radius 2 is 1.54 bits per heavy atom. The average Bonchev–Trinajstić information content (AvgIpc) is 3.15. The Kier molecular flexibility index (Phi) is 4.50. The van der Waals surface area contributed by atoms with Crippen molar-refractivity contribution in [3.63, 3.8) is 0 Å². The molecule has 3 nitrogen and oxygen atoms in total. The highest BCUT2D eigenvalue weighted by Gasteiger charge is 2.51. The zero-order chi connectivity index (χ0) is 16.9. The van der Waals surface area contributed by atoms with Gasteiger partial charge in [0.1, 0.15) is 0 Å². The Bertz CT molecular complexity index is 432. The first-order valence-electron chi connectivity index (χ1n) is 10.6. The van der Waals surface area contributed by atoms with E-state index < -0.39 is 0 Å². The molecular formula is C21H39N3. The van der Waals surface area contributed by atoms with Crippen LogP contribution in [0.4, 0.5) is 0 Å². The zero-order valence-electron chi connectivity index (χ0n) is 16.6. The lowest BCUT2D eigenvalue weighted by molar-refractivity contribution is -0.0803. The minimum absolute atomic E-state index is 0.700. The van der Waals surface area contributed by atoms with Gasteiger partial charge in [-0.3, -0.25) is 9.80 Å². The van der Waals surface area contributed by atoms with E-state index in [1.165, 1.54) is 77.9 Å². The van der Waals surface area contributed by atoms with Gasteiger partial charge in [0.25, 0.3) is 0 Å². The summed E-state index contributed by atoms with van der Waals surface area (Å²) in [5, 5.41) is 0. The van der Waals surface area contributed by atoms with Gasteiger partial charge in [-0.2, -0.15) is 0 Å². The van der Waals surface area contributed by atoms with Crippen molar-refractivity contribution in [2.75, 3.05) is 45.8 Å². The lowest BCUT2D eigenvalue weighted by Gasteiger charge is -2.57. The Hall–Kier alpha value is -0.120. The van der Waals surface area contributed by atoms with Gasteiger partial charge in [0.2, 0.25) is 0 Å². The molecule has 4 fully saturated rings. The highest BCUT2D eigenvalue weighted by atomic mass is 15.3. The summed E-state index contributed by atoms with van der Waals surface area (Å²) in [5.41, 5.74) is 1.43. The van der Waals surface area contributed by atoms with E-state index >= 15 is 0 Å². The summed E-state index contributed by atoms with van der Waals surface area (Å²) < 4.78 is 0. The van der Waals surface area contributed by atoms with Crippen molar-refractivity contribution in [1.29, 1.82) is 0 Å². The molecule has 1 aliphatic carbocycles. The summed E-state index contributed by atoms with van der Waals surface area (Å²) in [4.78, 5) is 8.22. The van der Waals surface area contributed by atoms with Crippen LogP contribution in [0.2, 0.25) is 0 Å². The normalized spacial score (nSPS) is 30.8. The summed E-state index contributed by atoms with van der Waals surface area (Å²) in [5.74, 6) is 0.874. The standard InChI is InChI=1S/C21H39N3/c1-17(2)11-20(5-6-20)14-22-15-21(16-22)7-9-23(10-8-21)19-12-24(13-19)18(3)4/h17-19H,5-16H2,1-4H3. The van der Waals surface area contributed by atoms with Crippen LogP contribution in [0.3, 0.4) is 0 Å². The van der Waals surface area contributed by atoms with Crippen LogP contribution in [0.25, 0.3) is 0 Å². The topological polar surface area (TPSA) is 9.72 Å². The summed E-state index contributed by atoms with van der Waals surface area (Å²) >= 11 is 0. The predicted octanol–water partition coefficient (Wildman–Crippen LogP) is 3.30. The van der Waals surface area contributed by atoms with Crippen molar-refractivity contribution in [1.82, 2.24) is 14.7 Å². The molecule has 0 atom stereocenters. The maximum atomic E-state index is 2.80. The molecule has 0 N–H and O–H groups in total. The van der Waals surface area contributed by atoms with E-state index in [2.05, 4.69) is 42.4 Å². The number of hydrogen-bond donors (Lipinski definition) is 0. The first kappa shape index (κ1) is 17.3. The molecule has 0 unspecified atom stereocenters. The van der Waals surface area contributed by atoms with Gasteiger partial charge >= 0.3 is 0 Å². The molecule has 4 aliphatic rings. The van der Waals surface area contributed by atoms with E-state index in [-0.39, 0.29) is 0 Å². The summed E-state index contributed by atoms with van der Waals surface area (Å²) in [6, 6.07) is 1.60. The third-order valence-electron chi connectivity index (χ3n) is 7.47. The van der Waals surface area contributed by atoms with E-state index in [1.54, 1.807) is 0 Å². The Morgan fingerprint density at radius 1 is 0.917 bits per heavy atom. The highest BCUT2D eigenvalue weighted by Crippen LogP contribution is 2.53. The van der Waals surface area contributed by atoms with Gasteiger partial charge in [-0.25, -0.2) is 0 Å². The van der Waals surface area contributed by atoms with E-state index in [4.69, 9.17) is 0 Å². The Morgan fingerprint density at radius 3 is 2.04 bits per heavy atom. The summed E-state index contributed by atoms with van der Waals surface area (Å²) in [6.07, 6.45) is 7.36. The van der Waals surface area contributed by atoms with Gasteiger partial charge in [-0.1, -0.05) is 13.8 Å². The first-order valence-corrected chi connectivity index (χ1v) is 10.6. The summed E-state index contributed by atoms with van der Waals surface area (Å²) in [6.45, 7) is 19.0. The quantitative estimate of drug-likeness (QED) is 0.738. The van der Waals surface area contributed by atoms with Crippen LogP contribution in [-0.2, 0) is 0 Å². The van der Waals surface area contributed by atoms with Gasteiger partial charge < -0.3 is 4.90 Å². The molecule has 1 saturated carbocycles.